The van der Waals surface area contributed by atoms with E-state index in [0.29, 0.717) is 38.3 Å². The number of ether oxygens (including phenoxy) is 1. The molecular formula is C15H19F4NO. The van der Waals surface area contributed by atoms with E-state index in [1.54, 1.807) is 6.07 Å². The topological polar surface area (TPSA) is 12.5 Å². The molecule has 0 spiro atoms. The number of nitrogens with zero attached hydrogens (tertiary/aromatic N) is 1. The molecular weight excluding hydrogens is 286 g/mol. The molecule has 1 heterocycles. The van der Waals surface area contributed by atoms with Gasteiger partial charge in [0.2, 0.25) is 0 Å². The highest BCUT2D eigenvalue weighted by Crippen LogP contribution is 2.24. The first-order chi connectivity index (χ1) is 9.83. The van der Waals surface area contributed by atoms with E-state index < -0.39 is 12.7 Å². The number of likely N-dealkylation sites (tertiary alicyclic amines) is 1. The summed E-state index contributed by atoms with van der Waals surface area (Å²) in [5.74, 6) is 0.375. The van der Waals surface area contributed by atoms with E-state index in [2.05, 4.69) is 0 Å². The maximum atomic E-state index is 13.1. The lowest BCUT2D eigenvalue weighted by Gasteiger charge is -2.32. The first-order valence-electron chi connectivity index (χ1n) is 7.01. The fourth-order valence-corrected chi connectivity index (χ4v) is 2.50. The van der Waals surface area contributed by atoms with Crippen LogP contribution in [0.4, 0.5) is 17.6 Å². The third kappa shape index (κ3) is 5.19. The zero-order chi connectivity index (χ0) is 15.5. The minimum atomic E-state index is -4.14. The van der Waals surface area contributed by atoms with Crippen LogP contribution in [0.5, 0.6) is 5.75 Å². The van der Waals surface area contributed by atoms with Crippen LogP contribution in [-0.4, -0.2) is 37.3 Å². The molecule has 21 heavy (non-hydrogen) atoms. The van der Waals surface area contributed by atoms with Crippen molar-refractivity contribution in [1.29, 1.82) is 0 Å². The summed E-state index contributed by atoms with van der Waals surface area (Å²) in [4.78, 5) is 1.42. The van der Waals surface area contributed by atoms with Crippen LogP contribution >= 0.6 is 0 Å². The standard InChI is InChI=1S/C15H19F4NO/c1-11-2-3-13(16)8-14(11)21-9-12-4-6-20(7-5-12)10-15(17,18)19/h2-3,8,12H,4-7,9-10H2,1H3. The molecule has 1 fully saturated rings. The number of piperidine rings is 1. The van der Waals surface area contributed by atoms with Crippen molar-refractivity contribution in [2.24, 2.45) is 5.92 Å². The number of alkyl halides is 3. The fourth-order valence-electron chi connectivity index (χ4n) is 2.50. The van der Waals surface area contributed by atoms with E-state index in [0.717, 1.165) is 5.56 Å². The second kappa shape index (κ2) is 6.64. The molecule has 0 radical (unpaired) electrons. The average molecular weight is 305 g/mol. The summed E-state index contributed by atoms with van der Waals surface area (Å²) in [5.41, 5.74) is 0.853. The van der Waals surface area contributed by atoms with Gasteiger partial charge in [-0.15, -0.1) is 0 Å². The predicted molar refractivity (Wildman–Crippen MR) is 71.9 cm³/mol. The lowest BCUT2D eigenvalue weighted by atomic mass is 9.98. The highest BCUT2D eigenvalue weighted by Gasteiger charge is 2.32. The van der Waals surface area contributed by atoms with Crippen molar-refractivity contribution in [2.75, 3.05) is 26.2 Å². The van der Waals surface area contributed by atoms with E-state index in [1.165, 1.54) is 17.0 Å². The summed E-state index contributed by atoms with van der Waals surface area (Å²) in [5, 5.41) is 0. The number of aryl methyl sites for hydroxylation is 1. The minimum absolute atomic E-state index is 0.220. The van der Waals surface area contributed by atoms with Crippen LogP contribution in [-0.2, 0) is 0 Å². The van der Waals surface area contributed by atoms with Crippen molar-refractivity contribution in [2.45, 2.75) is 25.9 Å². The van der Waals surface area contributed by atoms with E-state index in [1.807, 2.05) is 6.92 Å². The Bertz CT molecular complexity index is 467. The summed E-state index contributed by atoms with van der Waals surface area (Å²) in [7, 11) is 0. The number of hydrogen-bond acceptors (Lipinski definition) is 2. The smallest absolute Gasteiger partial charge is 0.401 e. The molecule has 2 rings (SSSR count). The number of halogens is 4. The Labute approximate surface area is 121 Å². The SMILES string of the molecule is Cc1ccc(F)cc1OCC1CCN(CC(F)(F)F)CC1. The maximum absolute atomic E-state index is 13.1. The van der Waals surface area contributed by atoms with Crippen molar-refractivity contribution in [3.8, 4) is 5.75 Å². The van der Waals surface area contributed by atoms with Gasteiger partial charge in [0.25, 0.3) is 0 Å². The molecule has 0 N–H and O–H groups in total. The molecule has 1 aromatic carbocycles. The molecule has 1 aliphatic heterocycles. The Morgan fingerprint density at radius 2 is 1.90 bits per heavy atom. The summed E-state index contributed by atoms with van der Waals surface area (Å²) >= 11 is 0. The van der Waals surface area contributed by atoms with Gasteiger partial charge in [0.1, 0.15) is 11.6 Å². The molecule has 0 unspecified atom stereocenters. The van der Waals surface area contributed by atoms with Crippen LogP contribution in [0.25, 0.3) is 0 Å². The van der Waals surface area contributed by atoms with Crippen LogP contribution in [0, 0.1) is 18.7 Å². The first kappa shape index (κ1) is 16.1. The number of benzene rings is 1. The predicted octanol–water partition coefficient (Wildman–Crippen LogP) is 3.79. The second-order valence-corrected chi connectivity index (χ2v) is 5.56. The quantitative estimate of drug-likeness (QED) is 0.785. The summed E-state index contributed by atoms with van der Waals surface area (Å²) in [6.07, 6.45) is -2.79. The number of hydrogen-bond donors (Lipinski definition) is 0. The Morgan fingerprint density at radius 3 is 2.52 bits per heavy atom. The van der Waals surface area contributed by atoms with Gasteiger partial charge >= 0.3 is 6.18 Å². The Morgan fingerprint density at radius 1 is 1.24 bits per heavy atom. The Kier molecular flexibility index (Phi) is 5.08. The molecule has 0 aromatic heterocycles. The zero-order valence-corrected chi connectivity index (χ0v) is 11.9. The molecule has 0 aliphatic carbocycles. The molecule has 6 heteroatoms. The van der Waals surface area contributed by atoms with Gasteiger partial charge in [-0.05, 0) is 50.4 Å². The maximum Gasteiger partial charge on any atom is 0.401 e. The molecule has 0 atom stereocenters. The molecule has 1 saturated heterocycles. The van der Waals surface area contributed by atoms with Gasteiger partial charge in [-0.25, -0.2) is 4.39 Å². The average Bonchev–Trinajstić information content (AvgIpc) is 2.40. The molecule has 0 saturated carbocycles. The van der Waals surface area contributed by atoms with Crippen molar-refractivity contribution in [3.63, 3.8) is 0 Å². The second-order valence-electron chi connectivity index (χ2n) is 5.56. The van der Waals surface area contributed by atoms with E-state index in [4.69, 9.17) is 4.74 Å². The highest BCUT2D eigenvalue weighted by molar-refractivity contribution is 5.32. The molecule has 0 bridgehead atoms. The van der Waals surface area contributed by atoms with Crippen LogP contribution in [0.2, 0.25) is 0 Å². The summed E-state index contributed by atoms with van der Waals surface area (Å²) in [6, 6.07) is 4.36. The number of rotatable bonds is 4. The highest BCUT2D eigenvalue weighted by atomic mass is 19.4. The van der Waals surface area contributed by atoms with Gasteiger partial charge in [-0.3, -0.25) is 4.90 Å². The van der Waals surface area contributed by atoms with Gasteiger partial charge in [0.05, 0.1) is 13.2 Å². The molecule has 2 nitrogen and oxygen atoms in total. The van der Waals surface area contributed by atoms with Crippen molar-refractivity contribution < 1.29 is 22.3 Å². The zero-order valence-electron chi connectivity index (χ0n) is 11.9. The molecule has 1 aromatic rings. The molecule has 0 amide bonds. The van der Waals surface area contributed by atoms with Gasteiger partial charge in [-0.2, -0.15) is 13.2 Å². The van der Waals surface area contributed by atoms with Gasteiger partial charge in [0.15, 0.2) is 0 Å². The van der Waals surface area contributed by atoms with E-state index in [9.17, 15) is 17.6 Å². The monoisotopic (exact) mass is 305 g/mol. The van der Waals surface area contributed by atoms with Gasteiger partial charge in [-0.1, -0.05) is 6.07 Å². The van der Waals surface area contributed by atoms with Crippen molar-refractivity contribution in [1.82, 2.24) is 4.90 Å². The Balaban J connectivity index is 1.77. The minimum Gasteiger partial charge on any atom is -0.493 e. The normalized spacial score (nSPS) is 18.0. The van der Waals surface area contributed by atoms with E-state index >= 15 is 0 Å². The third-order valence-electron chi connectivity index (χ3n) is 3.73. The van der Waals surface area contributed by atoms with Crippen molar-refractivity contribution in [3.05, 3.63) is 29.6 Å². The van der Waals surface area contributed by atoms with Gasteiger partial charge in [0, 0.05) is 6.07 Å². The van der Waals surface area contributed by atoms with E-state index in [-0.39, 0.29) is 11.7 Å². The van der Waals surface area contributed by atoms with Crippen LogP contribution in [0.15, 0.2) is 18.2 Å². The summed E-state index contributed by atoms with van der Waals surface area (Å²) in [6.45, 7) is 2.26. The summed E-state index contributed by atoms with van der Waals surface area (Å²) < 4.78 is 55.6. The first-order valence-corrected chi connectivity index (χ1v) is 7.01. The molecule has 118 valence electrons. The van der Waals surface area contributed by atoms with Crippen LogP contribution < -0.4 is 4.74 Å². The lowest BCUT2D eigenvalue weighted by Crippen LogP contribution is -2.41. The van der Waals surface area contributed by atoms with Crippen LogP contribution in [0.1, 0.15) is 18.4 Å². The third-order valence-corrected chi connectivity index (χ3v) is 3.73. The van der Waals surface area contributed by atoms with Gasteiger partial charge < -0.3 is 4.74 Å². The lowest BCUT2D eigenvalue weighted by molar-refractivity contribution is -0.148. The Hall–Kier alpha value is -1.30. The fraction of sp³-hybridized carbons (Fsp3) is 0.600. The van der Waals surface area contributed by atoms with Crippen LogP contribution in [0.3, 0.4) is 0 Å². The van der Waals surface area contributed by atoms with Crippen molar-refractivity contribution >= 4 is 0 Å². The largest absolute Gasteiger partial charge is 0.493 e. The molecule has 1 aliphatic rings.